The van der Waals surface area contributed by atoms with Crippen molar-refractivity contribution in [1.29, 1.82) is 5.26 Å². The fraction of sp³-hybridized carbons (Fsp3) is 0.391. The summed E-state index contributed by atoms with van der Waals surface area (Å²) in [6.07, 6.45) is 2.68. The number of sulfonamides is 1. The van der Waals surface area contributed by atoms with Gasteiger partial charge in [-0.3, -0.25) is 9.10 Å². The number of fused-ring (bicyclic) bond motifs is 1. The van der Waals surface area contributed by atoms with Gasteiger partial charge in [-0.1, -0.05) is 0 Å². The first-order chi connectivity index (χ1) is 14.8. The molecule has 0 bridgehead atoms. The van der Waals surface area contributed by atoms with Crippen LogP contribution in [0.1, 0.15) is 34.8 Å². The fourth-order valence-electron chi connectivity index (χ4n) is 4.55. The molecule has 1 atom stereocenters. The predicted octanol–water partition coefficient (Wildman–Crippen LogP) is 2.62. The highest BCUT2D eigenvalue weighted by Crippen LogP contribution is 2.35. The molecule has 0 radical (unpaired) electrons. The second kappa shape index (κ2) is 8.23. The lowest BCUT2D eigenvalue weighted by atomic mass is 10.1. The number of carbonyl (C=O) groups is 1. The second-order valence-corrected chi connectivity index (χ2v) is 10.1. The molecule has 0 aromatic heterocycles. The van der Waals surface area contributed by atoms with E-state index in [9.17, 15) is 13.2 Å². The van der Waals surface area contributed by atoms with Crippen LogP contribution in [0, 0.1) is 11.3 Å². The van der Waals surface area contributed by atoms with Crippen LogP contribution in [0.4, 0.5) is 11.4 Å². The lowest BCUT2D eigenvalue weighted by Gasteiger charge is -2.24. The molecule has 31 heavy (non-hydrogen) atoms. The SMILES string of the molecule is CC1Cc2cc(C(=O)N3CCCN(c4ccc(C#N)cc4)CC3)ccc2N1S(C)(=O)=O. The van der Waals surface area contributed by atoms with Crippen molar-refractivity contribution >= 4 is 27.3 Å². The summed E-state index contributed by atoms with van der Waals surface area (Å²) >= 11 is 0. The van der Waals surface area contributed by atoms with Crippen molar-refractivity contribution in [3.63, 3.8) is 0 Å². The molecule has 2 aromatic carbocycles. The van der Waals surface area contributed by atoms with Crippen molar-refractivity contribution < 1.29 is 13.2 Å². The number of nitriles is 1. The van der Waals surface area contributed by atoms with Crippen LogP contribution in [0.3, 0.4) is 0 Å². The molecule has 0 spiro atoms. The van der Waals surface area contributed by atoms with Gasteiger partial charge < -0.3 is 9.80 Å². The summed E-state index contributed by atoms with van der Waals surface area (Å²) in [4.78, 5) is 17.3. The smallest absolute Gasteiger partial charge is 0.253 e. The molecule has 1 fully saturated rings. The third-order valence-corrected chi connectivity index (χ3v) is 7.25. The van der Waals surface area contributed by atoms with E-state index in [4.69, 9.17) is 5.26 Å². The number of hydrogen-bond acceptors (Lipinski definition) is 5. The zero-order chi connectivity index (χ0) is 22.2. The minimum absolute atomic E-state index is 0.0186. The molecule has 2 aliphatic rings. The molecule has 7 nitrogen and oxygen atoms in total. The maximum absolute atomic E-state index is 13.2. The number of carbonyl (C=O) groups excluding carboxylic acids is 1. The second-order valence-electron chi connectivity index (χ2n) is 8.25. The van der Waals surface area contributed by atoms with Gasteiger partial charge in [0.05, 0.1) is 23.6 Å². The normalized spacial score (nSPS) is 19.0. The van der Waals surface area contributed by atoms with Gasteiger partial charge in [-0.05, 0) is 67.8 Å². The molecule has 0 N–H and O–H groups in total. The van der Waals surface area contributed by atoms with Crippen LogP contribution in [0.25, 0.3) is 0 Å². The topological polar surface area (TPSA) is 84.7 Å². The van der Waals surface area contributed by atoms with E-state index >= 15 is 0 Å². The van der Waals surface area contributed by atoms with Gasteiger partial charge in [0.1, 0.15) is 0 Å². The summed E-state index contributed by atoms with van der Waals surface area (Å²) in [5.41, 5.74) is 3.87. The third-order valence-electron chi connectivity index (χ3n) is 5.98. The average Bonchev–Trinajstić information content (AvgIpc) is 2.91. The molecule has 8 heteroatoms. The lowest BCUT2D eigenvalue weighted by molar-refractivity contribution is 0.0767. The van der Waals surface area contributed by atoms with Gasteiger partial charge in [-0.25, -0.2) is 8.42 Å². The number of benzene rings is 2. The maximum atomic E-state index is 13.2. The lowest BCUT2D eigenvalue weighted by Crippen LogP contribution is -2.35. The van der Waals surface area contributed by atoms with E-state index in [1.54, 1.807) is 12.1 Å². The van der Waals surface area contributed by atoms with Gasteiger partial charge in [0, 0.05) is 43.5 Å². The predicted molar refractivity (Wildman–Crippen MR) is 121 cm³/mol. The van der Waals surface area contributed by atoms with Gasteiger partial charge in [0.15, 0.2) is 0 Å². The Hall–Kier alpha value is -3.05. The van der Waals surface area contributed by atoms with Gasteiger partial charge in [-0.2, -0.15) is 5.26 Å². The standard InChI is InChI=1S/C23H26N4O3S/c1-17-14-20-15-19(6-9-22(20)27(17)31(2,29)30)23(28)26-11-3-10-25(12-13-26)21-7-4-18(16-24)5-8-21/h4-9,15,17H,3,10-14H2,1-2H3. The first-order valence-corrected chi connectivity index (χ1v) is 12.3. The maximum Gasteiger partial charge on any atom is 0.253 e. The Balaban J connectivity index is 1.48. The Morgan fingerprint density at radius 2 is 1.81 bits per heavy atom. The monoisotopic (exact) mass is 438 g/mol. The molecule has 1 saturated heterocycles. The fourth-order valence-corrected chi connectivity index (χ4v) is 5.81. The van der Waals surface area contributed by atoms with Crippen LogP contribution < -0.4 is 9.21 Å². The zero-order valence-electron chi connectivity index (χ0n) is 17.8. The van der Waals surface area contributed by atoms with Crippen molar-refractivity contribution in [3.8, 4) is 6.07 Å². The average molecular weight is 439 g/mol. The summed E-state index contributed by atoms with van der Waals surface area (Å²) in [7, 11) is -3.35. The Morgan fingerprint density at radius 3 is 2.48 bits per heavy atom. The van der Waals surface area contributed by atoms with Crippen LogP contribution in [0.15, 0.2) is 42.5 Å². The van der Waals surface area contributed by atoms with Crippen LogP contribution in [0.2, 0.25) is 0 Å². The van der Waals surface area contributed by atoms with Gasteiger partial charge >= 0.3 is 0 Å². The first-order valence-electron chi connectivity index (χ1n) is 10.4. The van der Waals surface area contributed by atoms with Crippen LogP contribution in [-0.2, 0) is 16.4 Å². The molecule has 2 aliphatic heterocycles. The largest absolute Gasteiger partial charge is 0.370 e. The minimum Gasteiger partial charge on any atom is -0.370 e. The Kier molecular flexibility index (Phi) is 5.63. The van der Waals surface area contributed by atoms with E-state index in [0.717, 1.165) is 30.8 Å². The van der Waals surface area contributed by atoms with Crippen molar-refractivity contribution in [2.75, 3.05) is 41.6 Å². The van der Waals surface area contributed by atoms with Gasteiger partial charge in [0.25, 0.3) is 5.91 Å². The Morgan fingerprint density at radius 1 is 1.06 bits per heavy atom. The van der Waals surface area contributed by atoms with Gasteiger partial charge in [0.2, 0.25) is 10.0 Å². The molecule has 162 valence electrons. The zero-order valence-corrected chi connectivity index (χ0v) is 18.6. The number of rotatable bonds is 3. The third kappa shape index (κ3) is 4.23. The molecule has 2 heterocycles. The molecular weight excluding hydrogens is 412 g/mol. The molecule has 4 rings (SSSR count). The molecule has 0 aliphatic carbocycles. The molecule has 1 unspecified atom stereocenters. The van der Waals surface area contributed by atoms with E-state index in [1.165, 1.54) is 10.6 Å². The van der Waals surface area contributed by atoms with E-state index in [1.807, 2.05) is 42.2 Å². The number of anilines is 2. The van der Waals surface area contributed by atoms with E-state index in [-0.39, 0.29) is 11.9 Å². The quantitative estimate of drug-likeness (QED) is 0.736. The Labute approximate surface area is 183 Å². The van der Waals surface area contributed by atoms with Crippen molar-refractivity contribution in [2.24, 2.45) is 0 Å². The van der Waals surface area contributed by atoms with E-state index in [0.29, 0.717) is 36.3 Å². The van der Waals surface area contributed by atoms with Crippen LogP contribution in [0.5, 0.6) is 0 Å². The van der Waals surface area contributed by atoms with Crippen LogP contribution >= 0.6 is 0 Å². The summed E-state index contributed by atoms with van der Waals surface area (Å²) in [6, 6.07) is 14.9. The highest BCUT2D eigenvalue weighted by Gasteiger charge is 2.33. The highest BCUT2D eigenvalue weighted by atomic mass is 32.2. The first kappa shape index (κ1) is 21.2. The summed E-state index contributed by atoms with van der Waals surface area (Å²) in [5.74, 6) is -0.0186. The van der Waals surface area contributed by atoms with Crippen molar-refractivity contribution in [3.05, 3.63) is 59.2 Å². The van der Waals surface area contributed by atoms with E-state index in [2.05, 4.69) is 11.0 Å². The van der Waals surface area contributed by atoms with Crippen molar-refractivity contribution in [1.82, 2.24) is 4.90 Å². The number of nitrogens with zero attached hydrogens (tertiary/aromatic N) is 4. The van der Waals surface area contributed by atoms with Crippen molar-refractivity contribution in [2.45, 2.75) is 25.8 Å². The Bertz CT molecular complexity index is 1140. The van der Waals surface area contributed by atoms with Crippen LogP contribution in [-0.4, -0.2) is 57.7 Å². The minimum atomic E-state index is -3.35. The molecule has 1 amide bonds. The van der Waals surface area contributed by atoms with Gasteiger partial charge in [-0.15, -0.1) is 0 Å². The molecule has 0 saturated carbocycles. The summed E-state index contributed by atoms with van der Waals surface area (Å²) in [5, 5.41) is 8.97. The number of hydrogen-bond donors (Lipinski definition) is 0. The number of amides is 1. The summed E-state index contributed by atoms with van der Waals surface area (Å²) in [6.45, 7) is 4.74. The molecular formula is C23H26N4O3S. The molecule has 2 aromatic rings. The van der Waals surface area contributed by atoms with E-state index < -0.39 is 10.0 Å². The summed E-state index contributed by atoms with van der Waals surface area (Å²) < 4.78 is 25.7. The highest BCUT2D eigenvalue weighted by molar-refractivity contribution is 7.92.